The van der Waals surface area contributed by atoms with Gasteiger partial charge in [0.15, 0.2) is 5.82 Å². The molecule has 5 heteroatoms. The number of ether oxygens (including phenoxy) is 1. The fourth-order valence-corrected chi connectivity index (χ4v) is 3.16. The lowest BCUT2D eigenvalue weighted by Crippen LogP contribution is -2.16. The van der Waals surface area contributed by atoms with E-state index in [0.29, 0.717) is 5.92 Å². The number of methoxy groups -OCH3 is 1. The highest BCUT2D eigenvalue weighted by atomic mass is 16.5. The van der Waals surface area contributed by atoms with Crippen molar-refractivity contribution in [2.24, 2.45) is 0 Å². The van der Waals surface area contributed by atoms with Crippen molar-refractivity contribution in [2.45, 2.75) is 63.0 Å². The van der Waals surface area contributed by atoms with Crippen LogP contribution >= 0.6 is 0 Å². The minimum Gasteiger partial charge on any atom is -0.380 e. The highest BCUT2D eigenvalue weighted by Crippen LogP contribution is 2.31. The van der Waals surface area contributed by atoms with Crippen LogP contribution in [0.15, 0.2) is 4.52 Å². The van der Waals surface area contributed by atoms with Crippen LogP contribution in [0, 0.1) is 0 Å². The van der Waals surface area contributed by atoms with Crippen molar-refractivity contribution >= 4 is 0 Å². The van der Waals surface area contributed by atoms with E-state index in [9.17, 15) is 0 Å². The van der Waals surface area contributed by atoms with Crippen LogP contribution in [0.25, 0.3) is 0 Å². The third-order valence-electron chi connectivity index (χ3n) is 4.40. The maximum absolute atomic E-state index is 5.46. The Kier molecular flexibility index (Phi) is 4.13. The average Bonchev–Trinajstić information content (AvgIpc) is 3.02. The van der Waals surface area contributed by atoms with Gasteiger partial charge in [-0.25, -0.2) is 0 Å². The molecule has 3 rings (SSSR count). The van der Waals surface area contributed by atoms with Crippen molar-refractivity contribution in [3.05, 3.63) is 11.7 Å². The maximum Gasteiger partial charge on any atom is 0.243 e. The first-order valence-corrected chi connectivity index (χ1v) is 7.46. The predicted molar refractivity (Wildman–Crippen MR) is 70.9 cm³/mol. The molecular weight excluding hydrogens is 242 g/mol. The molecule has 1 aliphatic carbocycles. The minimum atomic E-state index is 0.164. The number of hydrogen-bond acceptors (Lipinski definition) is 5. The SMILES string of the molecule is CO[C@@H]1CN[C@@H](c2nc(C3CCCCCC3)no2)C1. The molecular formula is C14H23N3O2. The van der Waals surface area contributed by atoms with E-state index >= 15 is 0 Å². The molecule has 106 valence electrons. The highest BCUT2D eigenvalue weighted by molar-refractivity contribution is 5.01. The fraction of sp³-hybridized carbons (Fsp3) is 0.857. The van der Waals surface area contributed by atoms with Gasteiger partial charge in [-0.3, -0.25) is 0 Å². The van der Waals surface area contributed by atoms with Gasteiger partial charge in [-0.1, -0.05) is 30.8 Å². The van der Waals surface area contributed by atoms with Crippen molar-refractivity contribution in [2.75, 3.05) is 13.7 Å². The zero-order chi connectivity index (χ0) is 13.1. The smallest absolute Gasteiger partial charge is 0.243 e. The zero-order valence-electron chi connectivity index (χ0n) is 11.6. The van der Waals surface area contributed by atoms with Crippen LogP contribution in [-0.4, -0.2) is 29.9 Å². The lowest BCUT2D eigenvalue weighted by atomic mass is 10.00. The van der Waals surface area contributed by atoms with Crippen molar-refractivity contribution in [3.63, 3.8) is 0 Å². The first kappa shape index (κ1) is 13.1. The van der Waals surface area contributed by atoms with Crippen molar-refractivity contribution < 1.29 is 9.26 Å². The van der Waals surface area contributed by atoms with Crippen LogP contribution in [0.2, 0.25) is 0 Å². The van der Waals surface area contributed by atoms with Gasteiger partial charge in [0.25, 0.3) is 0 Å². The summed E-state index contributed by atoms with van der Waals surface area (Å²) in [6, 6.07) is 0.164. The Morgan fingerprint density at radius 2 is 2.00 bits per heavy atom. The van der Waals surface area contributed by atoms with E-state index in [-0.39, 0.29) is 12.1 Å². The molecule has 0 aromatic carbocycles. The van der Waals surface area contributed by atoms with Gasteiger partial charge in [0, 0.05) is 19.6 Å². The molecule has 1 saturated heterocycles. The molecule has 19 heavy (non-hydrogen) atoms. The van der Waals surface area contributed by atoms with Crippen LogP contribution in [0.4, 0.5) is 0 Å². The second-order valence-corrected chi connectivity index (χ2v) is 5.73. The third kappa shape index (κ3) is 2.98. The van der Waals surface area contributed by atoms with Gasteiger partial charge >= 0.3 is 0 Å². The van der Waals surface area contributed by atoms with E-state index in [4.69, 9.17) is 9.26 Å². The lowest BCUT2D eigenvalue weighted by Gasteiger charge is -2.08. The summed E-state index contributed by atoms with van der Waals surface area (Å²) < 4.78 is 10.8. The highest BCUT2D eigenvalue weighted by Gasteiger charge is 2.30. The third-order valence-corrected chi connectivity index (χ3v) is 4.40. The number of hydrogen-bond donors (Lipinski definition) is 1. The summed E-state index contributed by atoms with van der Waals surface area (Å²) in [5, 5.41) is 7.59. The quantitative estimate of drug-likeness (QED) is 0.851. The van der Waals surface area contributed by atoms with E-state index in [1.165, 1.54) is 38.5 Å². The van der Waals surface area contributed by atoms with E-state index in [1.807, 2.05) is 0 Å². The molecule has 0 amide bonds. The zero-order valence-corrected chi connectivity index (χ0v) is 11.6. The number of aromatic nitrogens is 2. The van der Waals surface area contributed by atoms with E-state index in [0.717, 1.165) is 24.7 Å². The van der Waals surface area contributed by atoms with Gasteiger partial charge in [-0.15, -0.1) is 0 Å². The predicted octanol–water partition coefficient (Wildman–Crippen LogP) is 2.56. The van der Waals surface area contributed by atoms with Gasteiger partial charge in [-0.2, -0.15) is 4.98 Å². The standard InChI is InChI=1S/C14H23N3O2/c1-18-11-8-12(15-9-11)14-16-13(17-19-14)10-6-4-2-3-5-7-10/h10-12,15H,2-9H2,1H3/t11-,12+/m0/s1. The first-order valence-electron chi connectivity index (χ1n) is 7.46. The normalized spacial score (nSPS) is 29.5. The molecule has 1 saturated carbocycles. The van der Waals surface area contributed by atoms with Gasteiger partial charge < -0.3 is 14.6 Å². The van der Waals surface area contributed by atoms with Crippen LogP contribution < -0.4 is 5.32 Å². The summed E-state index contributed by atoms with van der Waals surface area (Å²) >= 11 is 0. The molecule has 0 radical (unpaired) electrons. The maximum atomic E-state index is 5.46. The van der Waals surface area contributed by atoms with Crippen LogP contribution in [-0.2, 0) is 4.74 Å². The molecule has 2 heterocycles. The Morgan fingerprint density at radius 1 is 1.21 bits per heavy atom. The van der Waals surface area contributed by atoms with Crippen molar-refractivity contribution in [1.82, 2.24) is 15.5 Å². The number of rotatable bonds is 3. The Balaban J connectivity index is 1.65. The second kappa shape index (κ2) is 6.01. The molecule has 1 aliphatic heterocycles. The summed E-state index contributed by atoms with van der Waals surface area (Å²) in [5.41, 5.74) is 0. The number of nitrogens with one attached hydrogen (secondary N) is 1. The Morgan fingerprint density at radius 3 is 2.68 bits per heavy atom. The summed E-state index contributed by atoms with van der Waals surface area (Å²) in [6.45, 7) is 0.863. The number of nitrogens with zero attached hydrogens (tertiary/aromatic N) is 2. The van der Waals surface area contributed by atoms with Crippen molar-refractivity contribution in [1.29, 1.82) is 0 Å². The lowest BCUT2D eigenvalue weighted by molar-refractivity contribution is 0.116. The minimum absolute atomic E-state index is 0.164. The van der Waals surface area contributed by atoms with Gasteiger partial charge in [0.05, 0.1) is 12.1 Å². The van der Waals surface area contributed by atoms with Gasteiger partial charge in [0.1, 0.15) is 0 Å². The molecule has 2 atom stereocenters. The van der Waals surface area contributed by atoms with E-state index in [1.54, 1.807) is 7.11 Å². The van der Waals surface area contributed by atoms with Gasteiger partial charge in [-0.05, 0) is 19.3 Å². The molecule has 1 aromatic rings. The topological polar surface area (TPSA) is 60.2 Å². The van der Waals surface area contributed by atoms with E-state index in [2.05, 4.69) is 15.5 Å². The molecule has 1 N–H and O–H groups in total. The Bertz CT molecular complexity index is 399. The molecule has 2 fully saturated rings. The monoisotopic (exact) mass is 265 g/mol. The summed E-state index contributed by atoms with van der Waals surface area (Å²) in [6.07, 6.45) is 8.88. The molecule has 0 bridgehead atoms. The molecule has 2 aliphatic rings. The molecule has 1 aromatic heterocycles. The fourth-order valence-electron chi connectivity index (χ4n) is 3.16. The molecule has 5 nitrogen and oxygen atoms in total. The Labute approximate surface area is 114 Å². The van der Waals surface area contributed by atoms with Crippen LogP contribution in [0.5, 0.6) is 0 Å². The van der Waals surface area contributed by atoms with Crippen LogP contribution in [0.1, 0.15) is 68.6 Å². The summed E-state index contributed by atoms with van der Waals surface area (Å²) in [4.78, 5) is 4.63. The summed E-state index contributed by atoms with van der Waals surface area (Å²) in [5.74, 6) is 2.15. The van der Waals surface area contributed by atoms with Crippen LogP contribution in [0.3, 0.4) is 0 Å². The van der Waals surface area contributed by atoms with Crippen molar-refractivity contribution in [3.8, 4) is 0 Å². The molecule has 0 unspecified atom stereocenters. The second-order valence-electron chi connectivity index (χ2n) is 5.73. The van der Waals surface area contributed by atoms with E-state index < -0.39 is 0 Å². The summed E-state index contributed by atoms with van der Waals surface area (Å²) in [7, 11) is 1.75. The molecule has 0 spiro atoms. The average molecular weight is 265 g/mol. The largest absolute Gasteiger partial charge is 0.380 e. The first-order chi connectivity index (χ1) is 9.36. The Hall–Kier alpha value is -0.940. The van der Waals surface area contributed by atoms with Gasteiger partial charge in [0.2, 0.25) is 5.89 Å².